The fraction of sp³-hybridized carbons (Fsp3) is 0.444. The summed E-state index contributed by atoms with van der Waals surface area (Å²) in [5.74, 6) is -0.586. The summed E-state index contributed by atoms with van der Waals surface area (Å²) in [5.41, 5.74) is 0.171. The Morgan fingerprint density at radius 2 is 2.20 bits per heavy atom. The standard InChI is InChI=1S/C18H22FN3O3/c1-13(21-17(23)18(24-2)6-10-25-11-7-18)14-4-5-16(15(19)12-14)22-9-3-8-20-22/h3-5,8-9,12-13H,6-7,10-11H2,1-2H3,(H,21,23)/t13-/m1/s1. The molecule has 0 radical (unpaired) electrons. The van der Waals surface area contributed by atoms with Crippen LogP contribution in [0.15, 0.2) is 36.7 Å². The van der Waals surface area contributed by atoms with Crippen molar-refractivity contribution in [2.75, 3.05) is 20.3 Å². The molecule has 2 heterocycles. The zero-order valence-electron chi connectivity index (χ0n) is 14.4. The molecule has 1 aromatic heterocycles. The van der Waals surface area contributed by atoms with Gasteiger partial charge in [0.15, 0.2) is 5.60 Å². The fourth-order valence-corrected chi connectivity index (χ4v) is 3.03. The summed E-state index contributed by atoms with van der Waals surface area (Å²) in [6, 6.07) is 6.25. The second kappa shape index (κ2) is 7.33. The number of nitrogens with zero attached hydrogens (tertiary/aromatic N) is 2. The Balaban J connectivity index is 1.73. The van der Waals surface area contributed by atoms with Crippen LogP contribution in [-0.2, 0) is 14.3 Å². The molecule has 0 aliphatic carbocycles. The quantitative estimate of drug-likeness (QED) is 0.902. The number of aromatic nitrogens is 2. The van der Waals surface area contributed by atoms with Gasteiger partial charge in [0.1, 0.15) is 11.5 Å². The van der Waals surface area contributed by atoms with Crippen LogP contribution in [0.3, 0.4) is 0 Å². The molecule has 7 heteroatoms. The van der Waals surface area contributed by atoms with E-state index < -0.39 is 11.4 Å². The number of ether oxygens (including phenoxy) is 2. The van der Waals surface area contributed by atoms with Crippen LogP contribution in [0, 0.1) is 5.82 Å². The molecule has 1 fully saturated rings. The van der Waals surface area contributed by atoms with E-state index in [1.807, 2.05) is 6.92 Å². The second-order valence-corrected chi connectivity index (χ2v) is 6.17. The number of benzene rings is 1. The van der Waals surface area contributed by atoms with Crippen LogP contribution in [0.5, 0.6) is 0 Å². The molecule has 1 aliphatic rings. The Hall–Kier alpha value is -2.25. The Bertz CT molecular complexity index is 727. The minimum absolute atomic E-state index is 0.192. The number of nitrogens with one attached hydrogen (secondary N) is 1. The van der Waals surface area contributed by atoms with Gasteiger partial charge in [-0.05, 0) is 30.7 Å². The normalized spacial score (nSPS) is 17.9. The first-order valence-electron chi connectivity index (χ1n) is 8.29. The van der Waals surface area contributed by atoms with Gasteiger partial charge in [0.25, 0.3) is 5.91 Å². The van der Waals surface area contributed by atoms with E-state index in [0.29, 0.717) is 37.3 Å². The first-order valence-corrected chi connectivity index (χ1v) is 8.29. The maximum Gasteiger partial charge on any atom is 0.252 e. The van der Waals surface area contributed by atoms with Gasteiger partial charge in [-0.1, -0.05) is 6.07 Å². The summed E-state index contributed by atoms with van der Waals surface area (Å²) >= 11 is 0. The Labute approximate surface area is 145 Å². The van der Waals surface area contributed by atoms with Crippen LogP contribution < -0.4 is 5.32 Å². The smallest absolute Gasteiger partial charge is 0.252 e. The van der Waals surface area contributed by atoms with Crippen molar-refractivity contribution in [2.24, 2.45) is 0 Å². The van der Waals surface area contributed by atoms with Crippen molar-refractivity contribution >= 4 is 5.91 Å². The number of carbonyl (C=O) groups excluding carboxylic acids is 1. The molecule has 25 heavy (non-hydrogen) atoms. The Morgan fingerprint density at radius 3 is 2.80 bits per heavy atom. The van der Waals surface area contributed by atoms with Gasteiger partial charge >= 0.3 is 0 Å². The molecule has 1 amide bonds. The topological polar surface area (TPSA) is 65.4 Å². The van der Waals surface area contributed by atoms with E-state index in [2.05, 4.69) is 10.4 Å². The van der Waals surface area contributed by atoms with Crippen LogP contribution >= 0.6 is 0 Å². The summed E-state index contributed by atoms with van der Waals surface area (Å²) in [7, 11) is 1.54. The molecule has 1 N–H and O–H groups in total. The molecule has 3 rings (SSSR count). The number of hydrogen-bond acceptors (Lipinski definition) is 4. The van der Waals surface area contributed by atoms with Crippen molar-refractivity contribution in [3.05, 3.63) is 48.0 Å². The van der Waals surface area contributed by atoms with Crippen molar-refractivity contribution in [3.8, 4) is 5.69 Å². The molecule has 0 unspecified atom stereocenters. The summed E-state index contributed by atoms with van der Waals surface area (Å²) in [6.45, 7) is 2.80. The molecule has 6 nitrogen and oxygen atoms in total. The minimum atomic E-state index is -0.875. The number of hydrogen-bond donors (Lipinski definition) is 1. The van der Waals surface area contributed by atoms with Crippen molar-refractivity contribution < 1.29 is 18.7 Å². The van der Waals surface area contributed by atoms with Crippen LogP contribution in [0.4, 0.5) is 4.39 Å². The van der Waals surface area contributed by atoms with E-state index in [1.54, 1.807) is 30.6 Å². The van der Waals surface area contributed by atoms with Crippen LogP contribution in [0.25, 0.3) is 5.69 Å². The summed E-state index contributed by atoms with van der Waals surface area (Å²) < 4.78 is 26.7. The SMILES string of the molecule is COC1(C(=O)N[C@H](C)c2ccc(-n3cccn3)c(F)c2)CCOCC1. The summed E-state index contributed by atoms with van der Waals surface area (Å²) in [5, 5.41) is 6.96. The zero-order valence-corrected chi connectivity index (χ0v) is 14.4. The molecule has 0 spiro atoms. The molecular weight excluding hydrogens is 325 g/mol. The molecule has 2 aromatic rings. The molecule has 1 saturated heterocycles. The van der Waals surface area contributed by atoms with Crippen LogP contribution in [0.2, 0.25) is 0 Å². The van der Waals surface area contributed by atoms with Gasteiger partial charge in [-0.15, -0.1) is 0 Å². The van der Waals surface area contributed by atoms with Gasteiger partial charge < -0.3 is 14.8 Å². The number of rotatable bonds is 5. The van der Waals surface area contributed by atoms with E-state index in [-0.39, 0.29) is 11.9 Å². The highest BCUT2D eigenvalue weighted by Crippen LogP contribution is 2.26. The lowest BCUT2D eigenvalue weighted by Crippen LogP contribution is -2.52. The van der Waals surface area contributed by atoms with Gasteiger partial charge in [0.05, 0.1) is 6.04 Å². The molecule has 0 bridgehead atoms. The lowest BCUT2D eigenvalue weighted by Gasteiger charge is -2.35. The molecular formula is C18H22FN3O3. The summed E-state index contributed by atoms with van der Waals surface area (Å²) in [6.07, 6.45) is 4.29. The first kappa shape index (κ1) is 17.6. The van der Waals surface area contributed by atoms with Crippen molar-refractivity contribution in [3.63, 3.8) is 0 Å². The fourth-order valence-electron chi connectivity index (χ4n) is 3.03. The highest BCUT2D eigenvalue weighted by Gasteiger charge is 2.40. The van der Waals surface area contributed by atoms with E-state index in [4.69, 9.17) is 9.47 Å². The monoisotopic (exact) mass is 347 g/mol. The predicted octanol–water partition coefficient (Wildman–Crippen LogP) is 2.38. The van der Waals surface area contributed by atoms with Gasteiger partial charge in [-0.2, -0.15) is 5.10 Å². The largest absolute Gasteiger partial charge is 0.381 e. The number of methoxy groups -OCH3 is 1. The van der Waals surface area contributed by atoms with E-state index in [0.717, 1.165) is 0 Å². The van der Waals surface area contributed by atoms with Gasteiger partial charge in [-0.25, -0.2) is 9.07 Å². The van der Waals surface area contributed by atoms with E-state index in [9.17, 15) is 9.18 Å². The van der Waals surface area contributed by atoms with E-state index in [1.165, 1.54) is 17.9 Å². The molecule has 0 saturated carbocycles. The average Bonchev–Trinajstić information content (AvgIpc) is 3.16. The third-order valence-corrected chi connectivity index (χ3v) is 4.68. The molecule has 1 atom stereocenters. The highest BCUT2D eigenvalue weighted by molar-refractivity contribution is 5.85. The minimum Gasteiger partial charge on any atom is -0.381 e. The van der Waals surface area contributed by atoms with E-state index >= 15 is 0 Å². The van der Waals surface area contributed by atoms with Crippen molar-refractivity contribution in [2.45, 2.75) is 31.4 Å². The molecule has 1 aliphatic heterocycles. The Morgan fingerprint density at radius 1 is 1.44 bits per heavy atom. The lowest BCUT2D eigenvalue weighted by molar-refractivity contribution is -0.155. The van der Waals surface area contributed by atoms with Crippen molar-refractivity contribution in [1.82, 2.24) is 15.1 Å². The maximum atomic E-state index is 14.4. The first-order chi connectivity index (χ1) is 12.1. The second-order valence-electron chi connectivity index (χ2n) is 6.17. The van der Waals surface area contributed by atoms with Gasteiger partial charge in [0.2, 0.25) is 0 Å². The van der Waals surface area contributed by atoms with Crippen molar-refractivity contribution in [1.29, 1.82) is 0 Å². The molecule has 1 aromatic carbocycles. The predicted molar refractivity (Wildman–Crippen MR) is 89.9 cm³/mol. The Kier molecular flexibility index (Phi) is 5.15. The third kappa shape index (κ3) is 3.57. The third-order valence-electron chi connectivity index (χ3n) is 4.68. The maximum absolute atomic E-state index is 14.4. The van der Waals surface area contributed by atoms with Crippen LogP contribution in [-0.4, -0.2) is 41.6 Å². The average molecular weight is 347 g/mol. The van der Waals surface area contributed by atoms with Crippen LogP contribution in [0.1, 0.15) is 31.4 Å². The number of carbonyl (C=O) groups is 1. The lowest BCUT2D eigenvalue weighted by atomic mass is 9.92. The summed E-state index contributed by atoms with van der Waals surface area (Å²) in [4.78, 5) is 12.7. The number of amides is 1. The number of halogens is 1. The van der Waals surface area contributed by atoms with Gasteiger partial charge in [0, 0.05) is 45.6 Å². The highest BCUT2D eigenvalue weighted by atomic mass is 19.1. The molecule has 134 valence electrons. The zero-order chi connectivity index (χ0) is 17.9. The van der Waals surface area contributed by atoms with Gasteiger partial charge in [-0.3, -0.25) is 4.79 Å².